The van der Waals surface area contributed by atoms with E-state index in [-0.39, 0.29) is 6.04 Å². The van der Waals surface area contributed by atoms with Crippen LogP contribution in [0.3, 0.4) is 0 Å². The van der Waals surface area contributed by atoms with Gasteiger partial charge < -0.3 is 10.8 Å². The van der Waals surface area contributed by atoms with Crippen molar-refractivity contribution < 1.29 is 9.90 Å². The summed E-state index contributed by atoms with van der Waals surface area (Å²) in [7, 11) is 1.78. The molecule has 0 aromatic carbocycles. The minimum atomic E-state index is -0.916. The number of carbonyl (C=O) groups is 1. The average molecular weight is 252 g/mol. The molecule has 1 aromatic heterocycles. The Bertz CT molecular complexity index is 441. The van der Waals surface area contributed by atoms with Gasteiger partial charge in [-0.15, -0.1) is 0 Å². The molecule has 100 valence electrons. The van der Waals surface area contributed by atoms with E-state index in [1.807, 2.05) is 6.92 Å². The fourth-order valence-corrected chi connectivity index (χ4v) is 2.48. The van der Waals surface area contributed by atoms with Gasteiger partial charge in [-0.1, -0.05) is 0 Å². The third kappa shape index (κ3) is 2.54. The molecule has 0 saturated carbocycles. The number of aryl methyl sites for hydroxylation is 1. The molecule has 1 aromatic rings. The summed E-state index contributed by atoms with van der Waals surface area (Å²) in [6, 6.07) is 0.195. The third-order valence-electron chi connectivity index (χ3n) is 3.72. The zero-order valence-corrected chi connectivity index (χ0v) is 10.8. The lowest BCUT2D eigenvalue weighted by Gasteiger charge is -2.18. The van der Waals surface area contributed by atoms with Crippen molar-refractivity contribution in [3.05, 3.63) is 17.5 Å². The first-order chi connectivity index (χ1) is 8.49. The first-order valence-electron chi connectivity index (χ1n) is 6.21. The van der Waals surface area contributed by atoms with Gasteiger partial charge in [-0.3, -0.25) is 9.58 Å². The van der Waals surface area contributed by atoms with Crippen LogP contribution in [-0.4, -0.2) is 44.9 Å². The van der Waals surface area contributed by atoms with E-state index in [0.717, 1.165) is 25.2 Å². The van der Waals surface area contributed by atoms with Gasteiger partial charge in [-0.05, 0) is 25.8 Å². The topological polar surface area (TPSA) is 84.4 Å². The first-order valence-corrected chi connectivity index (χ1v) is 6.21. The maximum absolute atomic E-state index is 11.1. The summed E-state index contributed by atoms with van der Waals surface area (Å²) in [4.78, 5) is 13.3. The van der Waals surface area contributed by atoms with Crippen molar-refractivity contribution in [3.63, 3.8) is 0 Å². The lowest BCUT2D eigenvalue weighted by Crippen LogP contribution is -2.30. The highest BCUT2D eigenvalue weighted by Gasteiger charge is 2.27. The monoisotopic (exact) mass is 252 g/mol. The number of nitrogens with two attached hydrogens (primary N) is 1. The van der Waals surface area contributed by atoms with Crippen molar-refractivity contribution in [1.29, 1.82) is 0 Å². The Labute approximate surface area is 106 Å². The summed E-state index contributed by atoms with van der Waals surface area (Å²) in [6.07, 6.45) is 2.49. The Morgan fingerprint density at radius 1 is 1.72 bits per heavy atom. The third-order valence-corrected chi connectivity index (χ3v) is 3.72. The van der Waals surface area contributed by atoms with Crippen molar-refractivity contribution in [2.75, 3.05) is 13.1 Å². The molecule has 1 saturated heterocycles. The molecular weight excluding hydrogens is 232 g/mol. The fourth-order valence-electron chi connectivity index (χ4n) is 2.48. The van der Waals surface area contributed by atoms with E-state index in [1.165, 1.54) is 6.20 Å². The van der Waals surface area contributed by atoms with E-state index in [1.54, 1.807) is 11.7 Å². The lowest BCUT2D eigenvalue weighted by atomic mass is 10.0. The molecule has 1 fully saturated rings. The smallest absolute Gasteiger partial charge is 0.339 e. The Hall–Kier alpha value is -1.40. The molecular formula is C12H20N4O2. The van der Waals surface area contributed by atoms with Crippen molar-refractivity contribution >= 4 is 5.97 Å². The number of aromatic nitrogens is 2. The van der Waals surface area contributed by atoms with Crippen molar-refractivity contribution in [1.82, 2.24) is 14.7 Å². The highest BCUT2D eigenvalue weighted by atomic mass is 16.4. The normalized spacial score (nSPS) is 22.3. The van der Waals surface area contributed by atoms with Gasteiger partial charge >= 0.3 is 5.97 Å². The quantitative estimate of drug-likeness (QED) is 0.804. The fraction of sp³-hybridized carbons (Fsp3) is 0.667. The SMILES string of the molecule is CC(N)C1CCN(Cc2c(C(=O)O)cnn2C)C1. The number of likely N-dealkylation sites (tertiary alicyclic amines) is 1. The molecule has 0 spiro atoms. The van der Waals surface area contributed by atoms with Crippen LogP contribution in [0.15, 0.2) is 6.20 Å². The van der Waals surface area contributed by atoms with E-state index in [4.69, 9.17) is 10.8 Å². The van der Waals surface area contributed by atoms with Crippen LogP contribution in [0.2, 0.25) is 0 Å². The maximum atomic E-state index is 11.1. The van der Waals surface area contributed by atoms with Crippen LogP contribution in [0.4, 0.5) is 0 Å². The van der Waals surface area contributed by atoms with Crippen LogP contribution in [0.5, 0.6) is 0 Å². The Balaban J connectivity index is 2.07. The molecule has 2 rings (SSSR count). The summed E-state index contributed by atoms with van der Waals surface area (Å²) < 4.78 is 1.64. The highest BCUT2D eigenvalue weighted by molar-refractivity contribution is 5.88. The van der Waals surface area contributed by atoms with Crippen LogP contribution in [-0.2, 0) is 13.6 Å². The van der Waals surface area contributed by atoms with E-state index >= 15 is 0 Å². The number of hydrogen-bond donors (Lipinski definition) is 2. The van der Waals surface area contributed by atoms with Crippen LogP contribution in [0.1, 0.15) is 29.4 Å². The van der Waals surface area contributed by atoms with Gasteiger partial charge in [-0.2, -0.15) is 5.10 Å². The number of carboxylic acid groups (broad SMARTS) is 1. The minimum Gasteiger partial charge on any atom is -0.478 e. The molecule has 1 aliphatic rings. The first kappa shape index (κ1) is 13.0. The summed E-state index contributed by atoms with van der Waals surface area (Å²) in [5.41, 5.74) is 6.95. The molecule has 0 radical (unpaired) electrons. The lowest BCUT2D eigenvalue weighted by molar-refractivity contribution is 0.0694. The predicted molar refractivity (Wildman–Crippen MR) is 67.2 cm³/mol. The summed E-state index contributed by atoms with van der Waals surface area (Å²) in [5.74, 6) is -0.410. The van der Waals surface area contributed by atoms with Crippen LogP contribution < -0.4 is 5.73 Å². The molecule has 0 aliphatic carbocycles. The largest absolute Gasteiger partial charge is 0.478 e. The molecule has 1 aliphatic heterocycles. The van der Waals surface area contributed by atoms with Crippen LogP contribution >= 0.6 is 0 Å². The Kier molecular flexibility index (Phi) is 3.68. The molecule has 3 N–H and O–H groups in total. The second-order valence-electron chi connectivity index (χ2n) is 5.08. The highest BCUT2D eigenvalue weighted by Crippen LogP contribution is 2.21. The molecule has 2 unspecified atom stereocenters. The van der Waals surface area contributed by atoms with Gasteiger partial charge in [0, 0.05) is 26.2 Å². The van der Waals surface area contributed by atoms with Gasteiger partial charge in [0.05, 0.1) is 11.9 Å². The van der Waals surface area contributed by atoms with Crippen molar-refractivity contribution in [3.8, 4) is 0 Å². The Morgan fingerprint density at radius 2 is 2.44 bits per heavy atom. The van der Waals surface area contributed by atoms with Gasteiger partial charge in [0.15, 0.2) is 0 Å². The predicted octanol–water partition coefficient (Wildman–Crippen LogP) is 0.287. The molecule has 0 bridgehead atoms. The maximum Gasteiger partial charge on any atom is 0.339 e. The summed E-state index contributed by atoms with van der Waals surface area (Å²) in [5, 5.41) is 13.1. The molecule has 2 heterocycles. The number of hydrogen-bond acceptors (Lipinski definition) is 4. The van der Waals surface area contributed by atoms with E-state index < -0.39 is 5.97 Å². The van der Waals surface area contributed by atoms with Crippen LogP contribution in [0, 0.1) is 5.92 Å². The second kappa shape index (κ2) is 5.07. The summed E-state index contributed by atoms with van der Waals surface area (Å²) in [6.45, 7) is 4.56. The van der Waals surface area contributed by atoms with E-state index in [2.05, 4.69) is 10.00 Å². The minimum absolute atomic E-state index is 0.195. The van der Waals surface area contributed by atoms with Crippen molar-refractivity contribution in [2.24, 2.45) is 18.7 Å². The zero-order valence-electron chi connectivity index (χ0n) is 10.8. The standard InChI is InChI=1S/C12H20N4O2/c1-8(13)9-3-4-16(6-9)7-11-10(12(17)18)5-14-15(11)2/h5,8-9H,3-4,6-7,13H2,1-2H3,(H,17,18). The van der Waals surface area contributed by atoms with Gasteiger partial charge in [0.1, 0.15) is 5.56 Å². The molecule has 18 heavy (non-hydrogen) atoms. The molecule has 2 atom stereocenters. The van der Waals surface area contributed by atoms with Crippen molar-refractivity contribution in [2.45, 2.75) is 25.9 Å². The number of carboxylic acids is 1. The van der Waals surface area contributed by atoms with E-state index in [0.29, 0.717) is 18.0 Å². The van der Waals surface area contributed by atoms with Gasteiger partial charge in [0.25, 0.3) is 0 Å². The number of aromatic carboxylic acids is 1. The van der Waals surface area contributed by atoms with Gasteiger partial charge in [0.2, 0.25) is 0 Å². The van der Waals surface area contributed by atoms with Crippen LogP contribution in [0.25, 0.3) is 0 Å². The number of nitrogens with zero attached hydrogens (tertiary/aromatic N) is 3. The zero-order chi connectivity index (χ0) is 13.3. The molecule has 6 nitrogen and oxygen atoms in total. The Morgan fingerprint density at radius 3 is 3.00 bits per heavy atom. The van der Waals surface area contributed by atoms with Gasteiger partial charge in [-0.25, -0.2) is 4.79 Å². The molecule has 6 heteroatoms. The number of rotatable bonds is 4. The summed E-state index contributed by atoms with van der Waals surface area (Å²) >= 11 is 0. The van der Waals surface area contributed by atoms with E-state index in [9.17, 15) is 4.79 Å². The molecule has 0 amide bonds. The second-order valence-corrected chi connectivity index (χ2v) is 5.08. The average Bonchev–Trinajstić information content (AvgIpc) is 2.88.